The Labute approximate surface area is 87.5 Å². The summed E-state index contributed by atoms with van der Waals surface area (Å²) in [5.74, 6) is -2.38. The van der Waals surface area contributed by atoms with Crippen LogP contribution < -0.4 is 5.32 Å². The molecule has 1 aromatic rings. The first-order valence-corrected chi connectivity index (χ1v) is 5.18. The first-order chi connectivity index (χ1) is 7.07. The van der Waals surface area contributed by atoms with Gasteiger partial charge in [0.25, 0.3) is 5.92 Å². The number of hydrogen-bond acceptors (Lipinski definition) is 2. The predicted molar refractivity (Wildman–Crippen MR) is 52.8 cm³/mol. The second-order valence-electron chi connectivity index (χ2n) is 4.15. The molecule has 3 nitrogen and oxygen atoms in total. The van der Waals surface area contributed by atoms with Crippen molar-refractivity contribution in [1.82, 2.24) is 15.1 Å². The summed E-state index contributed by atoms with van der Waals surface area (Å²) in [7, 11) is 0. The highest BCUT2D eigenvalue weighted by Gasteiger charge is 2.29. The molecule has 1 saturated heterocycles. The summed E-state index contributed by atoms with van der Waals surface area (Å²) in [6.45, 7) is 3.37. The van der Waals surface area contributed by atoms with Crippen LogP contribution in [0.3, 0.4) is 0 Å². The van der Waals surface area contributed by atoms with Crippen LogP contribution in [-0.2, 0) is 12.5 Å². The first-order valence-electron chi connectivity index (χ1n) is 5.18. The summed E-state index contributed by atoms with van der Waals surface area (Å²) < 4.78 is 27.7. The van der Waals surface area contributed by atoms with E-state index in [1.54, 1.807) is 0 Å². The lowest BCUT2D eigenvalue weighted by Crippen LogP contribution is -2.21. The molecule has 1 aliphatic heterocycles. The second-order valence-corrected chi connectivity index (χ2v) is 4.15. The Morgan fingerprint density at radius 1 is 1.67 bits per heavy atom. The lowest BCUT2D eigenvalue weighted by Gasteiger charge is -2.15. The van der Waals surface area contributed by atoms with Crippen LogP contribution in [0.15, 0.2) is 12.3 Å². The highest BCUT2D eigenvalue weighted by Crippen LogP contribution is 2.27. The van der Waals surface area contributed by atoms with Crippen LogP contribution in [0, 0.1) is 5.92 Å². The van der Waals surface area contributed by atoms with Gasteiger partial charge in [0.15, 0.2) is 0 Å². The van der Waals surface area contributed by atoms with Gasteiger partial charge in [0, 0.05) is 19.7 Å². The van der Waals surface area contributed by atoms with Gasteiger partial charge in [0.2, 0.25) is 0 Å². The molecule has 1 fully saturated rings. The fourth-order valence-corrected chi connectivity index (χ4v) is 1.97. The smallest absolute Gasteiger partial charge is 0.286 e. The first kappa shape index (κ1) is 10.5. The Bertz CT molecular complexity index is 324. The number of nitrogens with zero attached hydrogens (tertiary/aromatic N) is 2. The largest absolute Gasteiger partial charge is 0.316 e. The van der Waals surface area contributed by atoms with E-state index >= 15 is 0 Å². The molecule has 0 aliphatic carbocycles. The summed E-state index contributed by atoms with van der Waals surface area (Å²) in [6, 6.07) is 1.39. The van der Waals surface area contributed by atoms with Gasteiger partial charge in [-0.05, 0) is 31.5 Å². The lowest BCUT2D eigenvalue weighted by atomic mass is 10.1. The van der Waals surface area contributed by atoms with E-state index in [0.29, 0.717) is 12.5 Å². The topological polar surface area (TPSA) is 29.9 Å². The van der Waals surface area contributed by atoms with Gasteiger partial charge in [0.05, 0.1) is 0 Å². The molecule has 2 heterocycles. The minimum absolute atomic E-state index is 0.00870. The third kappa shape index (κ3) is 2.34. The summed E-state index contributed by atoms with van der Waals surface area (Å²) >= 11 is 0. The number of hydrogen-bond donors (Lipinski definition) is 1. The molecule has 2 rings (SSSR count). The Kier molecular flexibility index (Phi) is 2.73. The van der Waals surface area contributed by atoms with E-state index in [1.807, 2.05) is 0 Å². The van der Waals surface area contributed by atoms with Crippen LogP contribution in [0.1, 0.15) is 19.0 Å². The summed E-state index contributed by atoms with van der Waals surface area (Å²) in [5, 5.41) is 7.17. The van der Waals surface area contributed by atoms with Crippen molar-refractivity contribution in [2.45, 2.75) is 25.8 Å². The van der Waals surface area contributed by atoms with Crippen LogP contribution >= 0.6 is 0 Å². The zero-order valence-electron chi connectivity index (χ0n) is 8.71. The molecule has 1 aliphatic rings. The highest BCUT2D eigenvalue weighted by molar-refractivity contribution is 5.07. The molecule has 1 N–H and O–H groups in total. The van der Waals surface area contributed by atoms with Crippen molar-refractivity contribution in [1.29, 1.82) is 0 Å². The molecule has 0 aromatic carbocycles. The van der Waals surface area contributed by atoms with Crippen molar-refractivity contribution >= 4 is 0 Å². The zero-order valence-corrected chi connectivity index (χ0v) is 8.71. The Morgan fingerprint density at radius 2 is 2.47 bits per heavy atom. The average molecular weight is 215 g/mol. The predicted octanol–water partition coefficient (Wildman–Crippen LogP) is 1.60. The maximum Gasteiger partial charge on any atom is 0.286 e. The summed E-state index contributed by atoms with van der Waals surface area (Å²) in [5.41, 5.74) is 0.00870. The molecule has 1 aromatic heterocycles. The molecule has 5 heteroatoms. The molecule has 0 spiro atoms. The standard InChI is InChI=1S/C10H15F2N3/c1-10(11,12)9-3-5-14-15(9)7-8-2-4-13-6-8/h3,5,8,13H,2,4,6-7H2,1H3. The molecule has 0 radical (unpaired) electrons. The Balaban J connectivity index is 2.11. The van der Waals surface area contributed by atoms with Gasteiger partial charge in [-0.1, -0.05) is 0 Å². The Morgan fingerprint density at radius 3 is 3.07 bits per heavy atom. The molecule has 0 amide bonds. The average Bonchev–Trinajstić information content (AvgIpc) is 2.73. The number of alkyl halides is 2. The van der Waals surface area contributed by atoms with Gasteiger partial charge in [-0.3, -0.25) is 4.68 Å². The fraction of sp³-hybridized carbons (Fsp3) is 0.700. The number of rotatable bonds is 3. The van der Waals surface area contributed by atoms with Gasteiger partial charge in [-0.25, -0.2) is 0 Å². The van der Waals surface area contributed by atoms with Gasteiger partial charge < -0.3 is 5.32 Å². The van der Waals surface area contributed by atoms with E-state index in [0.717, 1.165) is 26.4 Å². The maximum atomic E-state index is 13.1. The summed E-state index contributed by atoms with van der Waals surface area (Å²) in [6.07, 6.45) is 2.48. The van der Waals surface area contributed by atoms with Crippen LogP contribution in [0.2, 0.25) is 0 Å². The third-order valence-corrected chi connectivity index (χ3v) is 2.76. The van der Waals surface area contributed by atoms with Gasteiger partial charge in [-0.2, -0.15) is 13.9 Å². The van der Waals surface area contributed by atoms with E-state index in [2.05, 4.69) is 10.4 Å². The molecule has 1 unspecified atom stereocenters. The molecule has 0 bridgehead atoms. The van der Waals surface area contributed by atoms with Crippen molar-refractivity contribution in [2.24, 2.45) is 5.92 Å². The van der Waals surface area contributed by atoms with Gasteiger partial charge in [0.1, 0.15) is 5.69 Å². The molecular weight excluding hydrogens is 200 g/mol. The third-order valence-electron chi connectivity index (χ3n) is 2.76. The zero-order chi connectivity index (χ0) is 10.9. The van der Waals surface area contributed by atoms with Crippen LogP contribution in [0.4, 0.5) is 8.78 Å². The van der Waals surface area contributed by atoms with Crippen LogP contribution in [0.5, 0.6) is 0 Å². The molecule has 15 heavy (non-hydrogen) atoms. The number of halogens is 2. The molecular formula is C10H15F2N3. The molecule has 1 atom stereocenters. The Hall–Kier alpha value is -0.970. The van der Waals surface area contributed by atoms with E-state index in [1.165, 1.54) is 16.9 Å². The quantitative estimate of drug-likeness (QED) is 0.830. The minimum Gasteiger partial charge on any atom is -0.316 e. The van der Waals surface area contributed by atoms with Gasteiger partial charge >= 0.3 is 0 Å². The highest BCUT2D eigenvalue weighted by atomic mass is 19.3. The van der Waals surface area contributed by atoms with E-state index in [4.69, 9.17) is 0 Å². The maximum absolute atomic E-state index is 13.1. The normalized spacial score (nSPS) is 22.2. The van der Waals surface area contributed by atoms with E-state index in [9.17, 15) is 8.78 Å². The fourth-order valence-electron chi connectivity index (χ4n) is 1.97. The van der Waals surface area contributed by atoms with Crippen molar-refractivity contribution in [3.05, 3.63) is 18.0 Å². The summed E-state index contributed by atoms with van der Waals surface area (Å²) in [4.78, 5) is 0. The lowest BCUT2D eigenvalue weighted by molar-refractivity contribution is 0.00708. The molecule has 0 saturated carbocycles. The minimum atomic E-state index is -2.80. The van der Waals surface area contributed by atoms with E-state index in [-0.39, 0.29) is 5.69 Å². The molecule has 84 valence electrons. The van der Waals surface area contributed by atoms with Crippen molar-refractivity contribution in [2.75, 3.05) is 13.1 Å². The van der Waals surface area contributed by atoms with Crippen molar-refractivity contribution in [3.8, 4) is 0 Å². The van der Waals surface area contributed by atoms with Crippen molar-refractivity contribution < 1.29 is 8.78 Å². The number of aromatic nitrogens is 2. The monoisotopic (exact) mass is 215 g/mol. The van der Waals surface area contributed by atoms with Crippen molar-refractivity contribution in [3.63, 3.8) is 0 Å². The number of nitrogens with one attached hydrogen (secondary N) is 1. The SMILES string of the molecule is CC(F)(F)c1ccnn1CC1CCNC1. The second kappa shape index (κ2) is 3.89. The van der Waals surface area contributed by atoms with Crippen LogP contribution in [0.25, 0.3) is 0 Å². The van der Waals surface area contributed by atoms with E-state index < -0.39 is 5.92 Å². The van der Waals surface area contributed by atoms with Crippen LogP contribution in [-0.4, -0.2) is 22.9 Å². The van der Waals surface area contributed by atoms with Gasteiger partial charge in [-0.15, -0.1) is 0 Å².